The molecule has 0 aliphatic carbocycles. The molecule has 1 aromatic carbocycles. The lowest BCUT2D eigenvalue weighted by Gasteiger charge is -2.28. The molecular weight excluding hydrogens is 348 g/mol. The minimum Gasteiger partial charge on any atom is -0.493 e. The first kappa shape index (κ1) is 21.4. The number of hydrogen-bond acceptors (Lipinski definition) is 6. The number of ether oxygens (including phenoxy) is 2. The van der Waals surface area contributed by atoms with Gasteiger partial charge in [-0.1, -0.05) is 19.9 Å². The van der Waals surface area contributed by atoms with Crippen LogP contribution >= 0.6 is 11.8 Å². The van der Waals surface area contributed by atoms with Crippen LogP contribution in [0, 0.1) is 5.92 Å². The molecule has 1 fully saturated rings. The van der Waals surface area contributed by atoms with Gasteiger partial charge in [-0.15, -0.1) is 0 Å². The van der Waals surface area contributed by atoms with Crippen molar-refractivity contribution >= 4 is 11.8 Å². The van der Waals surface area contributed by atoms with E-state index in [1.165, 1.54) is 12.0 Å². The quantitative estimate of drug-likeness (QED) is 0.574. The van der Waals surface area contributed by atoms with Gasteiger partial charge in [0.05, 0.1) is 7.11 Å². The average Bonchev–Trinajstić information content (AvgIpc) is 2.64. The standard InChI is InChI=1S/C20H34N2O3S/c1-16(2)6-7-21-13-17-4-5-19(20(12-17)24-3)25-15-18(23)14-22-8-10-26-11-9-22/h4-5,12,16,18,21,23H,6-11,13-15H2,1-3H3. The van der Waals surface area contributed by atoms with Gasteiger partial charge in [-0.25, -0.2) is 0 Å². The van der Waals surface area contributed by atoms with Gasteiger partial charge in [0.2, 0.25) is 0 Å². The van der Waals surface area contributed by atoms with E-state index < -0.39 is 6.10 Å². The van der Waals surface area contributed by atoms with Crippen LogP contribution in [-0.4, -0.2) is 67.5 Å². The second-order valence-electron chi connectivity index (χ2n) is 7.22. The van der Waals surface area contributed by atoms with Gasteiger partial charge in [0, 0.05) is 37.7 Å². The Morgan fingerprint density at radius 3 is 2.69 bits per heavy atom. The zero-order valence-corrected chi connectivity index (χ0v) is 17.2. The maximum atomic E-state index is 10.2. The molecule has 148 valence electrons. The van der Waals surface area contributed by atoms with E-state index in [4.69, 9.17) is 9.47 Å². The molecule has 0 spiro atoms. The van der Waals surface area contributed by atoms with Gasteiger partial charge in [-0.2, -0.15) is 11.8 Å². The van der Waals surface area contributed by atoms with Crippen LogP contribution in [-0.2, 0) is 6.54 Å². The van der Waals surface area contributed by atoms with E-state index in [9.17, 15) is 5.11 Å². The third-order valence-electron chi connectivity index (χ3n) is 4.46. The highest BCUT2D eigenvalue weighted by atomic mass is 32.2. The molecular formula is C20H34N2O3S. The molecule has 26 heavy (non-hydrogen) atoms. The van der Waals surface area contributed by atoms with E-state index in [0.29, 0.717) is 18.2 Å². The number of thioether (sulfide) groups is 1. The number of benzene rings is 1. The molecule has 1 aromatic rings. The average molecular weight is 383 g/mol. The van der Waals surface area contributed by atoms with Gasteiger partial charge in [0.15, 0.2) is 11.5 Å². The van der Waals surface area contributed by atoms with Gasteiger partial charge < -0.3 is 19.9 Å². The molecule has 5 nitrogen and oxygen atoms in total. The van der Waals surface area contributed by atoms with Crippen LogP contribution in [0.15, 0.2) is 18.2 Å². The van der Waals surface area contributed by atoms with Crippen LogP contribution in [0.4, 0.5) is 0 Å². The molecule has 6 heteroatoms. The monoisotopic (exact) mass is 382 g/mol. The largest absolute Gasteiger partial charge is 0.493 e. The third-order valence-corrected chi connectivity index (χ3v) is 5.40. The minimum atomic E-state index is -0.486. The second kappa shape index (κ2) is 11.7. The van der Waals surface area contributed by atoms with Crippen LogP contribution in [0.2, 0.25) is 0 Å². The Kier molecular flexibility index (Phi) is 9.61. The van der Waals surface area contributed by atoms with Crippen LogP contribution in [0.5, 0.6) is 11.5 Å². The van der Waals surface area contributed by atoms with E-state index in [1.54, 1.807) is 7.11 Å². The molecule has 1 heterocycles. The van der Waals surface area contributed by atoms with Gasteiger partial charge in [-0.3, -0.25) is 4.90 Å². The number of rotatable bonds is 11. The number of β-amino-alcohol motifs (C(OH)–C–C–N with tert-alkyl or cyclic N) is 1. The van der Waals surface area contributed by atoms with Gasteiger partial charge in [0.1, 0.15) is 12.7 Å². The second-order valence-corrected chi connectivity index (χ2v) is 8.45. The van der Waals surface area contributed by atoms with Gasteiger partial charge >= 0.3 is 0 Å². The Morgan fingerprint density at radius 1 is 1.23 bits per heavy atom. The Balaban J connectivity index is 1.78. The molecule has 1 unspecified atom stereocenters. The van der Waals surface area contributed by atoms with Crippen LogP contribution in [0.3, 0.4) is 0 Å². The first-order valence-corrected chi connectivity index (χ1v) is 10.7. The van der Waals surface area contributed by atoms with Gasteiger partial charge in [-0.05, 0) is 36.6 Å². The van der Waals surface area contributed by atoms with Crippen molar-refractivity contribution in [3.05, 3.63) is 23.8 Å². The third kappa shape index (κ3) is 7.74. The summed E-state index contributed by atoms with van der Waals surface area (Å²) in [5.41, 5.74) is 1.17. The summed E-state index contributed by atoms with van der Waals surface area (Å²) in [5.74, 6) is 4.41. The number of methoxy groups -OCH3 is 1. The Bertz CT molecular complexity index is 522. The molecule has 1 atom stereocenters. The minimum absolute atomic E-state index is 0.284. The summed E-state index contributed by atoms with van der Waals surface area (Å²) in [6.07, 6.45) is 0.687. The lowest BCUT2D eigenvalue weighted by Crippen LogP contribution is -2.40. The van der Waals surface area contributed by atoms with Crippen molar-refractivity contribution < 1.29 is 14.6 Å². The highest BCUT2D eigenvalue weighted by molar-refractivity contribution is 7.99. The molecule has 0 radical (unpaired) electrons. The van der Waals surface area contributed by atoms with E-state index in [0.717, 1.165) is 43.4 Å². The fraction of sp³-hybridized carbons (Fsp3) is 0.700. The van der Waals surface area contributed by atoms with E-state index in [-0.39, 0.29) is 6.61 Å². The van der Waals surface area contributed by atoms with Crippen molar-refractivity contribution in [2.24, 2.45) is 5.92 Å². The topological polar surface area (TPSA) is 54.0 Å². The lowest BCUT2D eigenvalue weighted by molar-refractivity contribution is 0.0705. The molecule has 1 aliphatic heterocycles. The predicted molar refractivity (Wildman–Crippen MR) is 109 cm³/mol. The number of hydrogen-bond donors (Lipinski definition) is 2. The summed E-state index contributed by atoms with van der Waals surface area (Å²) in [6.45, 7) is 9.34. The predicted octanol–water partition coefficient (Wildman–Crippen LogP) is 2.62. The molecule has 0 bridgehead atoms. The van der Waals surface area contributed by atoms with E-state index in [1.807, 2.05) is 23.9 Å². The molecule has 0 amide bonds. The number of nitrogens with zero attached hydrogens (tertiary/aromatic N) is 1. The molecule has 0 aromatic heterocycles. The number of aliphatic hydroxyl groups is 1. The summed E-state index contributed by atoms with van der Waals surface area (Å²) in [4.78, 5) is 2.30. The van der Waals surface area contributed by atoms with Crippen molar-refractivity contribution in [3.8, 4) is 11.5 Å². The van der Waals surface area contributed by atoms with Crippen LogP contribution in [0.1, 0.15) is 25.8 Å². The van der Waals surface area contributed by atoms with Crippen molar-refractivity contribution in [1.29, 1.82) is 0 Å². The Labute approximate surface area is 162 Å². The smallest absolute Gasteiger partial charge is 0.161 e. The summed E-state index contributed by atoms with van der Waals surface area (Å²) in [7, 11) is 1.65. The summed E-state index contributed by atoms with van der Waals surface area (Å²) in [6, 6.07) is 5.99. The van der Waals surface area contributed by atoms with Gasteiger partial charge in [0.25, 0.3) is 0 Å². The number of aliphatic hydroxyl groups excluding tert-OH is 1. The normalized spacial score (nSPS) is 16.7. The Morgan fingerprint density at radius 2 is 2.00 bits per heavy atom. The van der Waals surface area contributed by atoms with Crippen LogP contribution < -0.4 is 14.8 Å². The zero-order valence-electron chi connectivity index (χ0n) is 16.4. The fourth-order valence-corrected chi connectivity index (χ4v) is 3.86. The first-order chi connectivity index (χ1) is 12.6. The van der Waals surface area contributed by atoms with Crippen molar-refractivity contribution in [3.63, 3.8) is 0 Å². The van der Waals surface area contributed by atoms with E-state index in [2.05, 4.69) is 30.1 Å². The zero-order chi connectivity index (χ0) is 18.8. The van der Waals surface area contributed by atoms with Crippen LogP contribution in [0.25, 0.3) is 0 Å². The lowest BCUT2D eigenvalue weighted by atomic mass is 10.1. The SMILES string of the molecule is COc1cc(CNCCC(C)C)ccc1OCC(O)CN1CCSCC1. The van der Waals surface area contributed by atoms with Crippen molar-refractivity contribution in [1.82, 2.24) is 10.2 Å². The molecule has 1 aliphatic rings. The molecule has 2 rings (SSSR count). The van der Waals surface area contributed by atoms with Crippen molar-refractivity contribution in [2.75, 3.05) is 51.4 Å². The molecule has 0 saturated carbocycles. The highest BCUT2D eigenvalue weighted by Gasteiger charge is 2.16. The first-order valence-electron chi connectivity index (χ1n) is 9.57. The summed E-state index contributed by atoms with van der Waals surface area (Å²) in [5, 5.41) is 13.7. The summed E-state index contributed by atoms with van der Waals surface area (Å²) < 4.78 is 11.3. The molecule has 1 saturated heterocycles. The van der Waals surface area contributed by atoms with E-state index >= 15 is 0 Å². The maximum Gasteiger partial charge on any atom is 0.161 e. The molecule has 2 N–H and O–H groups in total. The Hall–Kier alpha value is -0.950. The number of nitrogens with one attached hydrogen (secondary N) is 1. The fourth-order valence-electron chi connectivity index (χ4n) is 2.89. The maximum absolute atomic E-state index is 10.2. The van der Waals surface area contributed by atoms with Crippen molar-refractivity contribution in [2.45, 2.75) is 32.9 Å². The highest BCUT2D eigenvalue weighted by Crippen LogP contribution is 2.28. The summed E-state index contributed by atoms with van der Waals surface area (Å²) >= 11 is 1.97.